The topological polar surface area (TPSA) is 73.6 Å². The lowest BCUT2D eigenvalue weighted by molar-refractivity contribution is -0.121. The fraction of sp³-hybridized carbons (Fsp3) is 0.632. The Hall–Kier alpha value is -1.30. The van der Waals surface area contributed by atoms with Gasteiger partial charge in [0.1, 0.15) is 12.4 Å². The van der Waals surface area contributed by atoms with Gasteiger partial charge in [0, 0.05) is 18.3 Å². The van der Waals surface area contributed by atoms with Gasteiger partial charge in [-0.15, -0.1) is 12.4 Å². The van der Waals surface area contributed by atoms with E-state index in [0.29, 0.717) is 18.4 Å². The van der Waals surface area contributed by atoms with E-state index in [-0.39, 0.29) is 36.4 Å². The van der Waals surface area contributed by atoms with Crippen molar-refractivity contribution in [3.05, 3.63) is 24.3 Å². The smallest absolute Gasteiger partial charge is 0.229 e. The largest absolute Gasteiger partial charge is 0.491 e. The van der Waals surface area contributed by atoms with Crippen molar-refractivity contribution in [2.45, 2.75) is 44.2 Å². The zero-order valence-corrected chi connectivity index (χ0v) is 15.2. The van der Waals surface area contributed by atoms with E-state index in [1.54, 1.807) is 0 Å². The van der Waals surface area contributed by atoms with Crippen LogP contribution in [0.4, 0.5) is 5.69 Å². The van der Waals surface area contributed by atoms with Crippen LogP contribution in [0.25, 0.3) is 0 Å². The molecule has 6 heteroatoms. The van der Waals surface area contributed by atoms with Crippen molar-refractivity contribution in [2.24, 2.45) is 23.5 Å². The van der Waals surface area contributed by atoms with E-state index >= 15 is 0 Å². The van der Waals surface area contributed by atoms with Gasteiger partial charge in [0.15, 0.2) is 0 Å². The SMILES string of the molecule is Cl.NC1C2CCC(C2)C1C(=O)Nc1ccc(OCC2CCCO2)cc1. The minimum absolute atomic E-state index is 0. The highest BCUT2D eigenvalue weighted by Crippen LogP contribution is 2.47. The summed E-state index contributed by atoms with van der Waals surface area (Å²) in [4.78, 5) is 12.6. The Morgan fingerprint density at radius 1 is 1.20 bits per heavy atom. The fourth-order valence-electron chi connectivity index (χ4n) is 4.55. The van der Waals surface area contributed by atoms with Crippen molar-refractivity contribution in [1.29, 1.82) is 0 Å². The van der Waals surface area contributed by atoms with Crippen LogP contribution in [0, 0.1) is 17.8 Å². The molecule has 1 heterocycles. The standard InChI is InChI=1S/C19H26N2O3.ClH/c20-18-13-4-3-12(10-13)17(18)19(22)21-14-5-7-15(8-6-14)24-11-16-2-1-9-23-16;/h5-8,12-13,16-18H,1-4,9-11,20H2,(H,21,22);1H. The quantitative estimate of drug-likeness (QED) is 0.840. The van der Waals surface area contributed by atoms with Crippen LogP contribution in [0.2, 0.25) is 0 Å². The van der Waals surface area contributed by atoms with Gasteiger partial charge < -0.3 is 20.5 Å². The van der Waals surface area contributed by atoms with Gasteiger partial charge in [-0.25, -0.2) is 0 Å². The van der Waals surface area contributed by atoms with Crippen LogP contribution in [-0.2, 0) is 9.53 Å². The molecule has 2 saturated carbocycles. The molecule has 1 aliphatic heterocycles. The lowest BCUT2D eigenvalue weighted by Gasteiger charge is -2.27. The van der Waals surface area contributed by atoms with E-state index in [2.05, 4.69) is 5.32 Å². The third-order valence-corrected chi connectivity index (χ3v) is 5.87. The summed E-state index contributed by atoms with van der Waals surface area (Å²) in [7, 11) is 0. The number of nitrogens with two attached hydrogens (primary N) is 1. The van der Waals surface area contributed by atoms with Crippen molar-refractivity contribution >= 4 is 24.0 Å². The summed E-state index contributed by atoms with van der Waals surface area (Å²) in [5, 5.41) is 3.02. The molecule has 3 N–H and O–H groups in total. The maximum atomic E-state index is 12.6. The molecule has 138 valence electrons. The Bertz CT molecular complexity index is 587. The Balaban J connectivity index is 0.00000182. The number of hydrogen-bond acceptors (Lipinski definition) is 4. The average Bonchev–Trinajstić information content (AvgIpc) is 3.31. The van der Waals surface area contributed by atoms with Crippen molar-refractivity contribution in [1.82, 2.24) is 0 Å². The molecule has 5 atom stereocenters. The second-order valence-corrected chi connectivity index (χ2v) is 7.40. The number of amides is 1. The van der Waals surface area contributed by atoms with Crippen LogP contribution in [0.5, 0.6) is 5.75 Å². The predicted molar refractivity (Wildman–Crippen MR) is 99.1 cm³/mol. The highest BCUT2D eigenvalue weighted by Gasteiger charge is 2.49. The van der Waals surface area contributed by atoms with E-state index in [4.69, 9.17) is 15.2 Å². The molecule has 1 amide bonds. The van der Waals surface area contributed by atoms with E-state index in [1.165, 1.54) is 6.42 Å². The number of rotatable bonds is 5. The molecular weight excluding hydrogens is 340 g/mol. The summed E-state index contributed by atoms with van der Waals surface area (Å²) in [6, 6.07) is 7.59. The van der Waals surface area contributed by atoms with Gasteiger partial charge in [0.25, 0.3) is 0 Å². The van der Waals surface area contributed by atoms with E-state index in [1.807, 2.05) is 24.3 Å². The summed E-state index contributed by atoms with van der Waals surface area (Å²) in [5.74, 6) is 1.86. The molecule has 4 rings (SSSR count). The van der Waals surface area contributed by atoms with E-state index in [0.717, 1.165) is 43.7 Å². The number of benzene rings is 1. The van der Waals surface area contributed by atoms with Gasteiger partial charge >= 0.3 is 0 Å². The highest BCUT2D eigenvalue weighted by atomic mass is 35.5. The zero-order valence-electron chi connectivity index (χ0n) is 14.4. The molecule has 3 fully saturated rings. The molecule has 5 nitrogen and oxygen atoms in total. The molecule has 0 spiro atoms. The van der Waals surface area contributed by atoms with E-state index < -0.39 is 0 Å². The normalized spacial score (nSPS) is 33.1. The van der Waals surface area contributed by atoms with Gasteiger partial charge in [-0.1, -0.05) is 0 Å². The number of anilines is 1. The molecular formula is C19H27ClN2O3. The predicted octanol–water partition coefficient (Wildman–Crippen LogP) is 2.98. The number of nitrogens with one attached hydrogen (secondary N) is 1. The van der Waals surface area contributed by atoms with Crippen LogP contribution in [-0.4, -0.2) is 31.3 Å². The Morgan fingerprint density at radius 2 is 1.96 bits per heavy atom. The first-order valence-corrected chi connectivity index (χ1v) is 9.11. The number of fused-ring (bicyclic) bond motifs is 2. The Kier molecular flexibility index (Phi) is 5.87. The number of ether oxygens (including phenoxy) is 2. The first-order valence-electron chi connectivity index (χ1n) is 9.11. The van der Waals surface area contributed by atoms with Crippen molar-refractivity contribution in [2.75, 3.05) is 18.5 Å². The second kappa shape index (κ2) is 7.94. The molecule has 25 heavy (non-hydrogen) atoms. The van der Waals surface area contributed by atoms with Crippen LogP contribution >= 0.6 is 12.4 Å². The molecule has 0 radical (unpaired) electrons. The molecule has 1 aromatic rings. The van der Waals surface area contributed by atoms with Gasteiger partial charge in [-0.05, 0) is 68.2 Å². The van der Waals surface area contributed by atoms with Crippen molar-refractivity contribution < 1.29 is 14.3 Å². The molecule has 3 aliphatic rings. The van der Waals surface area contributed by atoms with Crippen LogP contribution < -0.4 is 15.8 Å². The molecule has 0 aromatic heterocycles. The summed E-state index contributed by atoms with van der Waals surface area (Å²) in [5.41, 5.74) is 7.05. The first kappa shape index (κ1) is 18.5. The maximum absolute atomic E-state index is 12.6. The third kappa shape index (κ3) is 3.94. The summed E-state index contributed by atoms with van der Waals surface area (Å²) in [6.07, 6.45) is 5.85. The third-order valence-electron chi connectivity index (χ3n) is 5.87. The average molecular weight is 367 g/mol. The monoisotopic (exact) mass is 366 g/mol. The maximum Gasteiger partial charge on any atom is 0.229 e. The van der Waals surface area contributed by atoms with Crippen molar-refractivity contribution in [3.63, 3.8) is 0 Å². The molecule has 5 unspecified atom stereocenters. The number of hydrogen-bond donors (Lipinski definition) is 2. The summed E-state index contributed by atoms with van der Waals surface area (Å²) < 4.78 is 11.3. The summed E-state index contributed by atoms with van der Waals surface area (Å²) >= 11 is 0. The van der Waals surface area contributed by atoms with Gasteiger partial charge in [-0.3, -0.25) is 4.79 Å². The van der Waals surface area contributed by atoms with E-state index in [9.17, 15) is 4.79 Å². The van der Waals surface area contributed by atoms with Gasteiger partial charge in [0.2, 0.25) is 5.91 Å². The lowest BCUT2D eigenvalue weighted by atomic mass is 9.84. The minimum atomic E-state index is -0.0285. The van der Waals surface area contributed by atoms with Crippen LogP contribution in [0.1, 0.15) is 32.1 Å². The Labute approximate surface area is 155 Å². The number of halogens is 1. The number of carbonyl (C=O) groups is 1. The molecule has 2 bridgehead atoms. The molecule has 1 aromatic carbocycles. The summed E-state index contributed by atoms with van der Waals surface area (Å²) in [6.45, 7) is 1.43. The second-order valence-electron chi connectivity index (χ2n) is 7.40. The van der Waals surface area contributed by atoms with Crippen LogP contribution in [0.3, 0.4) is 0 Å². The zero-order chi connectivity index (χ0) is 16.5. The van der Waals surface area contributed by atoms with Gasteiger partial charge in [0.05, 0.1) is 12.0 Å². The molecule has 1 saturated heterocycles. The number of carbonyl (C=O) groups excluding carboxylic acids is 1. The van der Waals surface area contributed by atoms with Crippen molar-refractivity contribution in [3.8, 4) is 5.75 Å². The molecule has 2 aliphatic carbocycles. The first-order chi connectivity index (χ1) is 11.7. The minimum Gasteiger partial charge on any atom is -0.491 e. The van der Waals surface area contributed by atoms with Gasteiger partial charge in [-0.2, -0.15) is 0 Å². The van der Waals surface area contributed by atoms with Crippen LogP contribution in [0.15, 0.2) is 24.3 Å². The Morgan fingerprint density at radius 3 is 2.60 bits per heavy atom. The highest BCUT2D eigenvalue weighted by molar-refractivity contribution is 5.93. The fourth-order valence-corrected chi connectivity index (χ4v) is 4.55. The lowest BCUT2D eigenvalue weighted by Crippen LogP contribution is -2.42.